The molecule has 1 N–H and O–H groups in total. The van der Waals surface area contributed by atoms with Gasteiger partial charge in [0.25, 0.3) is 0 Å². The van der Waals surface area contributed by atoms with E-state index in [2.05, 4.69) is 23.8 Å². The van der Waals surface area contributed by atoms with Crippen LogP contribution in [0, 0.1) is 0 Å². The molecule has 1 atom stereocenters. The van der Waals surface area contributed by atoms with Crippen LogP contribution in [-0.4, -0.2) is 39.3 Å². The number of ether oxygens (including phenoxy) is 1. The lowest BCUT2D eigenvalue weighted by molar-refractivity contribution is -0.206. The van der Waals surface area contributed by atoms with Gasteiger partial charge in [-0.05, 0) is 66.6 Å². The fourth-order valence-electron chi connectivity index (χ4n) is 6.47. The quantitative estimate of drug-likeness (QED) is 0.0655. The first-order valence-corrected chi connectivity index (χ1v) is 19.7. The van der Waals surface area contributed by atoms with E-state index in [1.165, 1.54) is 107 Å². The van der Waals surface area contributed by atoms with Crippen molar-refractivity contribution in [1.82, 2.24) is 9.97 Å². The maximum atomic E-state index is 13.7. The van der Waals surface area contributed by atoms with E-state index in [0.717, 1.165) is 44.1 Å². The molecular weight excluding hydrogens is 665 g/mol. The van der Waals surface area contributed by atoms with E-state index in [1.807, 2.05) is 12.4 Å². The van der Waals surface area contributed by atoms with Gasteiger partial charge in [0.1, 0.15) is 0 Å². The summed E-state index contributed by atoms with van der Waals surface area (Å²) < 4.78 is 45.9. The summed E-state index contributed by atoms with van der Waals surface area (Å²) in [5, 5.41) is 9.88. The largest absolute Gasteiger partial charge is 0.478 e. The summed E-state index contributed by atoms with van der Waals surface area (Å²) in [6, 6.07) is 10.6. The molecule has 2 aromatic carbocycles. The number of aromatic nitrogens is 2. The monoisotopic (exact) mass is 724 g/mol. The van der Waals surface area contributed by atoms with Crippen LogP contribution in [0.5, 0.6) is 0 Å². The molecule has 0 bridgehead atoms. The Kier molecular flexibility index (Phi) is 19.5. The standard InChI is InChI=1S/C43H59F3N2O4/c1-3-5-7-9-11-12-13-14-15-16-17-18-20-22-33-31-47-40(48-32-33)36-28-29-37(41(49)50)38(30-36)34-24-26-35(27-25-34)42(51)52-39(43(44,45)46)23-21-19-10-8-6-4-2/h24-32,39H,3-23H2,1-2H3,(H,49,50). The number of unbranched alkanes of at least 4 members (excludes halogenated alkanes) is 17. The van der Waals surface area contributed by atoms with Gasteiger partial charge in [-0.2, -0.15) is 13.2 Å². The normalized spacial score (nSPS) is 12.2. The molecule has 0 aliphatic carbocycles. The van der Waals surface area contributed by atoms with Crippen molar-refractivity contribution < 1.29 is 32.6 Å². The number of benzene rings is 2. The van der Waals surface area contributed by atoms with Crippen LogP contribution < -0.4 is 0 Å². The van der Waals surface area contributed by atoms with Gasteiger partial charge in [-0.25, -0.2) is 19.6 Å². The zero-order chi connectivity index (χ0) is 37.6. The summed E-state index contributed by atoms with van der Waals surface area (Å²) in [5.74, 6) is -1.75. The Bertz CT molecular complexity index is 1460. The van der Waals surface area contributed by atoms with E-state index in [-0.39, 0.29) is 17.5 Å². The van der Waals surface area contributed by atoms with Gasteiger partial charge in [0.15, 0.2) is 11.9 Å². The Hall–Kier alpha value is -3.75. The molecule has 0 spiro atoms. The molecule has 0 saturated carbocycles. The number of rotatable bonds is 26. The minimum absolute atomic E-state index is 0.0363. The molecule has 3 rings (SSSR count). The van der Waals surface area contributed by atoms with Gasteiger partial charge in [0.05, 0.1) is 11.1 Å². The highest BCUT2D eigenvalue weighted by atomic mass is 19.4. The van der Waals surface area contributed by atoms with Crippen LogP contribution in [0.4, 0.5) is 13.2 Å². The van der Waals surface area contributed by atoms with Crippen molar-refractivity contribution in [3.8, 4) is 22.5 Å². The number of carbonyl (C=O) groups is 2. The van der Waals surface area contributed by atoms with E-state index in [9.17, 15) is 27.9 Å². The fraction of sp³-hybridized carbons (Fsp3) is 0.581. The second-order valence-electron chi connectivity index (χ2n) is 14.0. The van der Waals surface area contributed by atoms with Crippen molar-refractivity contribution in [1.29, 1.82) is 0 Å². The van der Waals surface area contributed by atoms with Gasteiger partial charge in [0.2, 0.25) is 0 Å². The number of carboxylic acids is 1. The molecule has 9 heteroatoms. The molecule has 286 valence electrons. The van der Waals surface area contributed by atoms with Gasteiger partial charge < -0.3 is 9.84 Å². The Morgan fingerprint density at radius 3 is 1.65 bits per heavy atom. The number of hydrogen-bond acceptors (Lipinski definition) is 5. The average Bonchev–Trinajstić information content (AvgIpc) is 3.14. The summed E-state index contributed by atoms with van der Waals surface area (Å²) in [6.45, 7) is 4.33. The molecule has 6 nitrogen and oxygen atoms in total. The van der Waals surface area contributed by atoms with Crippen LogP contribution >= 0.6 is 0 Å². The predicted molar refractivity (Wildman–Crippen MR) is 203 cm³/mol. The topological polar surface area (TPSA) is 89.4 Å². The lowest BCUT2D eigenvalue weighted by Crippen LogP contribution is -2.33. The molecule has 0 saturated heterocycles. The SMILES string of the molecule is CCCCCCCCCCCCCCCc1cnc(-c2ccc(C(=O)O)c(-c3ccc(C(=O)OC(CCCCCCCC)C(F)(F)F)cc3)c2)nc1. The zero-order valence-electron chi connectivity index (χ0n) is 31.3. The van der Waals surface area contributed by atoms with E-state index in [1.54, 1.807) is 12.1 Å². The van der Waals surface area contributed by atoms with Gasteiger partial charge in [0, 0.05) is 18.0 Å². The van der Waals surface area contributed by atoms with Crippen molar-refractivity contribution in [2.45, 2.75) is 161 Å². The van der Waals surface area contributed by atoms with Crippen LogP contribution in [0.15, 0.2) is 54.9 Å². The molecule has 0 fully saturated rings. The van der Waals surface area contributed by atoms with Crippen LogP contribution in [0.2, 0.25) is 0 Å². The third-order valence-corrected chi connectivity index (χ3v) is 9.65. The van der Waals surface area contributed by atoms with E-state index >= 15 is 0 Å². The summed E-state index contributed by atoms with van der Waals surface area (Å²) in [5.41, 5.74) is 2.52. The first-order valence-electron chi connectivity index (χ1n) is 19.7. The Morgan fingerprint density at radius 1 is 0.673 bits per heavy atom. The Balaban J connectivity index is 1.53. The lowest BCUT2D eigenvalue weighted by atomic mass is 9.96. The second kappa shape index (κ2) is 23.7. The molecule has 1 heterocycles. The lowest BCUT2D eigenvalue weighted by Gasteiger charge is -2.21. The smallest absolute Gasteiger partial charge is 0.425 e. The molecule has 0 amide bonds. The molecule has 0 radical (unpaired) electrons. The van der Waals surface area contributed by atoms with Gasteiger partial charge >= 0.3 is 18.1 Å². The zero-order valence-corrected chi connectivity index (χ0v) is 31.3. The number of alkyl halides is 3. The molecule has 52 heavy (non-hydrogen) atoms. The highest BCUT2D eigenvalue weighted by Gasteiger charge is 2.42. The van der Waals surface area contributed by atoms with Crippen molar-refractivity contribution in [2.75, 3.05) is 0 Å². The maximum Gasteiger partial charge on any atom is 0.425 e. The second-order valence-corrected chi connectivity index (χ2v) is 14.0. The number of esters is 1. The summed E-state index contributed by atoms with van der Waals surface area (Å²) in [6.07, 6.45) is 19.3. The number of halogens is 3. The van der Waals surface area contributed by atoms with Crippen molar-refractivity contribution in [3.63, 3.8) is 0 Å². The molecule has 3 aromatic rings. The summed E-state index contributed by atoms with van der Waals surface area (Å²) in [4.78, 5) is 33.9. The number of carbonyl (C=O) groups excluding carboxylic acids is 1. The number of carboxylic acid groups (broad SMARTS) is 1. The van der Waals surface area contributed by atoms with Gasteiger partial charge in [-0.3, -0.25) is 0 Å². The Labute approximate surface area is 309 Å². The number of aryl methyl sites for hydroxylation is 1. The molecule has 1 aromatic heterocycles. The van der Waals surface area contributed by atoms with Crippen LogP contribution in [0.3, 0.4) is 0 Å². The summed E-state index contributed by atoms with van der Waals surface area (Å²) >= 11 is 0. The maximum absolute atomic E-state index is 13.7. The van der Waals surface area contributed by atoms with Crippen molar-refractivity contribution >= 4 is 11.9 Å². The fourth-order valence-corrected chi connectivity index (χ4v) is 6.47. The van der Waals surface area contributed by atoms with Crippen molar-refractivity contribution in [3.05, 3.63) is 71.5 Å². The first-order chi connectivity index (χ1) is 25.1. The van der Waals surface area contributed by atoms with E-state index in [0.29, 0.717) is 35.4 Å². The molecule has 0 aliphatic rings. The van der Waals surface area contributed by atoms with E-state index in [4.69, 9.17) is 4.74 Å². The molecular formula is C43H59F3N2O4. The average molecular weight is 725 g/mol. The number of nitrogens with zero attached hydrogens (tertiary/aromatic N) is 2. The third-order valence-electron chi connectivity index (χ3n) is 9.65. The first kappa shape index (κ1) is 42.7. The highest BCUT2D eigenvalue weighted by Crippen LogP contribution is 2.31. The van der Waals surface area contributed by atoms with Crippen LogP contribution in [0.25, 0.3) is 22.5 Å². The molecule has 0 aliphatic heterocycles. The predicted octanol–water partition coefficient (Wildman–Crippen LogP) is 13.0. The van der Waals surface area contributed by atoms with Crippen LogP contribution in [-0.2, 0) is 11.2 Å². The minimum atomic E-state index is -4.66. The van der Waals surface area contributed by atoms with Gasteiger partial charge in [-0.1, -0.05) is 141 Å². The molecule has 1 unspecified atom stereocenters. The van der Waals surface area contributed by atoms with Crippen LogP contribution in [0.1, 0.15) is 169 Å². The highest BCUT2D eigenvalue weighted by molar-refractivity contribution is 5.97. The third kappa shape index (κ3) is 15.5. The van der Waals surface area contributed by atoms with Crippen molar-refractivity contribution in [2.24, 2.45) is 0 Å². The summed E-state index contributed by atoms with van der Waals surface area (Å²) in [7, 11) is 0. The Morgan fingerprint density at radius 2 is 1.15 bits per heavy atom. The minimum Gasteiger partial charge on any atom is -0.478 e. The van der Waals surface area contributed by atoms with E-state index < -0.39 is 24.2 Å². The number of hydrogen-bond donors (Lipinski definition) is 1. The van der Waals surface area contributed by atoms with Gasteiger partial charge in [-0.15, -0.1) is 0 Å². The number of aromatic carboxylic acids is 1.